The Morgan fingerprint density at radius 1 is 1.03 bits per heavy atom. The molecule has 31 heavy (non-hydrogen) atoms. The van der Waals surface area contributed by atoms with E-state index in [2.05, 4.69) is 26.6 Å². The molecule has 2 aromatic rings. The average molecular weight is 444 g/mol. The van der Waals surface area contributed by atoms with Gasteiger partial charge in [-0.15, -0.1) is 10.2 Å². The van der Waals surface area contributed by atoms with Gasteiger partial charge in [-0.25, -0.2) is 0 Å². The Hall–Kier alpha value is -2.39. The molecule has 2 fully saturated rings. The van der Waals surface area contributed by atoms with E-state index in [0.29, 0.717) is 25.1 Å². The number of piperidine rings is 1. The minimum atomic E-state index is -0.0818. The molecule has 1 unspecified atom stereocenters. The van der Waals surface area contributed by atoms with Crippen molar-refractivity contribution in [3.8, 4) is 11.4 Å². The molecule has 9 heteroatoms. The summed E-state index contributed by atoms with van der Waals surface area (Å²) >= 11 is 1.52. The first kappa shape index (κ1) is 21.8. The molecule has 0 bridgehead atoms. The maximum Gasteiger partial charge on any atom is 0.229 e. The molecule has 0 saturated carbocycles. The normalized spacial score (nSPS) is 18.6. The van der Waals surface area contributed by atoms with Gasteiger partial charge in [-0.1, -0.05) is 18.2 Å². The summed E-state index contributed by atoms with van der Waals surface area (Å²) in [5, 5.41) is 9.81. The molecule has 3 heterocycles. The van der Waals surface area contributed by atoms with Crippen molar-refractivity contribution in [3.63, 3.8) is 0 Å². The van der Waals surface area contributed by atoms with Crippen LogP contribution in [0.2, 0.25) is 0 Å². The van der Waals surface area contributed by atoms with Crippen molar-refractivity contribution in [2.45, 2.75) is 50.2 Å². The summed E-state index contributed by atoms with van der Waals surface area (Å²) in [4.78, 5) is 27.6. The fraction of sp³-hybridized carbons (Fsp3) is 0.545. The summed E-state index contributed by atoms with van der Waals surface area (Å²) in [6, 6.07) is 8.02. The van der Waals surface area contributed by atoms with Crippen LogP contribution in [0.1, 0.15) is 50.9 Å². The lowest BCUT2D eigenvalue weighted by atomic mass is 10.1. The summed E-state index contributed by atoms with van der Waals surface area (Å²) in [6.07, 6.45) is 4.34. The predicted octanol–water partition coefficient (Wildman–Crippen LogP) is 3.06. The Morgan fingerprint density at radius 2 is 1.71 bits per heavy atom. The molecule has 0 aliphatic carbocycles. The molecule has 2 amide bonds. The Labute approximate surface area is 186 Å². The summed E-state index contributed by atoms with van der Waals surface area (Å²) in [5.41, 5.74) is 0.973. The van der Waals surface area contributed by atoms with Crippen LogP contribution >= 0.6 is 11.8 Å². The number of likely N-dealkylation sites (tertiary alicyclic amines) is 2. The van der Waals surface area contributed by atoms with Crippen LogP contribution in [0.25, 0.3) is 5.69 Å². The van der Waals surface area contributed by atoms with Gasteiger partial charge in [0.2, 0.25) is 11.8 Å². The quantitative estimate of drug-likeness (QED) is 0.458. The maximum atomic E-state index is 11.9. The number of ether oxygens (including phenoxy) is 1. The average Bonchev–Trinajstić information content (AvgIpc) is 3.37. The molecule has 1 aromatic carbocycles. The SMILES string of the molecule is COc1ccc(-n2c(SCCN3C(=O)CCC3=O)nnc2C(C)N2CCCCC2)cc1. The van der Waals surface area contributed by atoms with Crippen molar-refractivity contribution in [1.82, 2.24) is 24.6 Å². The number of nitrogens with zero attached hydrogens (tertiary/aromatic N) is 5. The van der Waals surface area contributed by atoms with Crippen LogP contribution in [0.15, 0.2) is 29.4 Å². The van der Waals surface area contributed by atoms with Crippen LogP contribution in [0.4, 0.5) is 0 Å². The molecule has 4 rings (SSSR count). The number of rotatable bonds is 8. The van der Waals surface area contributed by atoms with E-state index in [1.165, 1.54) is 35.9 Å². The largest absolute Gasteiger partial charge is 0.497 e. The molecular formula is C22H29N5O3S. The lowest BCUT2D eigenvalue weighted by Crippen LogP contribution is -2.33. The Bertz CT molecular complexity index is 908. The minimum Gasteiger partial charge on any atom is -0.497 e. The van der Waals surface area contributed by atoms with E-state index in [9.17, 15) is 9.59 Å². The molecule has 1 atom stereocenters. The highest BCUT2D eigenvalue weighted by Gasteiger charge is 2.29. The van der Waals surface area contributed by atoms with E-state index in [-0.39, 0.29) is 17.9 Å². The predicted molar refractivity (Wildman–Crippen MR) is 118 cm³/mol. The van der Waals surface area contributed by atoms with E-state index < -0.39 is 0 Å². The first-order chi connectivity index (χ1) is 15.1. The standard InChI is InChI=1S/C22H29N5O3S/c1-16(25-12-4-3-5-13-25)21-23-24-22(27(21)17-6-8-18(30-2)9-7-17)31-15-14-26-19(28)10-11-20(26)29/h6-9,16H,3-5,10-15H2,1-2H3. The van der Waals surface area contributed by atoms with E-state index in [0.717, 1.165) is 35.5 Å². The zero-order chi connectivity index (χ0) is 21.8. The summed E-state index contributed by atoms with van der Waals surface area (Å²) in [7, 11) is 1.65. The van der Waals surface area contributed by atoms with E-state index >= 15 is 0 Å². The van der Waals surface area contributed by atoms with Crippen LogP contribution in [-0.4, -0.2) is 68.9 Å². The van der Waals surface area contributed by atoms with Crippen molar-refractivity contribution < 1.29 is 14.3 Å². The monoisotopic (exact) mass is 443 g/mol. The van der Waals surface area contributed by atoms with Crippen LogP contribution in [-0.2, 0) is 9.59 Å². The fourth-order valence-electron chi connectivity index (χ4n) is 4.19. The van der Waals surface area contributed by atoms with Crippen molar-refractivity contribution >= 4 is 23.6 Å². The molecule has 0 radical (unpaired) electrons. The van der Waals surface area contributed by atoms with Crippen molar-refractivity contribution in [2.24, 2.45) is 0 Å². The third kappa shape index (κ3) is 4.77. The van der Waals surface area contributed by atoms with Crippen molar-refractivity contribution in [3.05, 3.63) is 30.1 Å². The van der Waals surface area contributed by atoms with Gasteiger partial charge in [0.15, 0.2) is 11.0 Å². The summed E-state index contributed by atoms with van der Waals surface area (Å²) in [6.45, 7) is 4.72. The lowest BCUT2D eigenvalue weighted by Gasteiger charge is -2.31. The summed E-state index contributed by atoms with van der Waals surface area (Å²) in [5.74, 6) is 2.12. The molecule has 8 nitrogen and oxygen atoms in total. The van der Waals surface area contributed by atoms with Crippen LogP contribution in [0.5, 0.6) is 5.75 Å². The Morgan fingerprint density at radius 3 is 2.35 bits per heavy atom. The zero-order valence-corrected chi connectivity index (χ0v) is 18.9. The molecule has 2 saturated heterocycles. The highest BCUT2D eigenvalue weighted by molar-refractivity contribution is 7.99. The number of amides is 2. The highest BCUT2D eigenvalue weighted by Crippen LogP contribution is 2.30. The number of imide groups is 1. The number of hydrogen-bond acceptors (Lipinski definition) is 7. The zero-order valence-electron chi connectivity index (χ0n) is 18.1. The molecule has 0 N–H and O–H groups in total. The third-order valence-corrected chi connectivity index (χ3v) is 6.91. The number of carbonyl (C=O) groups excluding carboxylic acids is 2. The molecular weight excluding hydrogens is 414 g/mol. The second kappa shape index (κ2) is 9.82. The van der Waals surface area contributed by atoms with Gasteiger partial charge in [0.25, 0.3) is 0 Å². The molecule has 166 valence electrons. The van der Waals surface area contributed by atoms with Gasteiger partial charge in [-0.05, 0) is 57.1 Å². The first-order valence-electron chi connectivity index (χ1n) is 10.9. The van der Waals surface area contributed by atoms with Gasteiger partial charge in [0.05, 0.1) is 13.2 Å². The van der Waals surface area contributed by atoms with Gasteiger partial charge in [0, 0.05) is 30.8 Å². The van der Waals surface area contributed by atoms with Crippen molar-refractivity contribution in [1.29, 1.82) is 0 Å². The number of hydrogen-bond donors (Lipinski definition) is 0. The van der Waals surface area contributed by atoms with Crippen molar-refractivity contribution in [2.75, 3.05) is 32.5 Å². The maximum absolute atomic E-state index is 11.9. The number of thioether (sulfide) groups is 1. The molecule has 2 aliphatic rings. The second-order valence-electron chi connectivity index (χ2n) is 7.93. The van der Waals surface area contributed by atoms with Crippen LogP contribution in [0, 0.1) is 0 Å². The van der Waals surface area contributed by atoms with Crippen LogP contribution < -0.4 is 4.74 Å². The third-order valence-electron chi connectivity index (χ3n) is 6.00. The number of methoxy groups -OCH3 is 1. The Balaban J connectivity index is 1.57. The van der Waals surface area contributed by atoms with Gasteiger partial charge in [0.1, 0.15) is 5.75 Å². The van der Waals surface area contributed by atoms with Gasteiger partial charge in [-0.2, -0.15) is 0 Å². The number of benzene rings is 1. The minimum absolute atomic E-state index is 0.0818. The van der Waals surface area contributed by atoms with Crippen LogP contribution in [0.3, 0.4) is 0 Å². The molecule has 0 spiro atoms. The van der Waals surface area contributed by atoms with Gasteiger partial charge < -0.3 is 4.74 Å². The second-order valence-corrected chi connectivity index (χ2v) is 9.00. The first-order valence-corrected chi connectivity index (χ1v) is 11.9. The van der Waals surface area contributed by atoms with Gasteiger partial charge in [-0.3, -0.25) is 24.0 Å². The topological polar surface area (TPSA) is 80.6 Å². The summed E-state index contributed by atoms with van der Waals surface area (Å²) < 4.78 is 7.40. The van der Waals surface area contributed by atoms with E-state index in [1.54, 1.807) is 7.11 Å². The number of carbonyl (C=O) groups is 2. The number of aromatic nitrogens is 3. The Kier molecular flexibility index (Phi) is 6.92. The fourth-order valence-corrected chi connectivity index (χ4v) is 5.07. The smallest absolute Gasteiger partial charge is 0.229 e. The van der Waals surface area contributed by atoms with Gasteiger partial charge >= 0.3 is 0 Å². The van der Waals surface area contributed by atoms with E-state index in [1.807, 2.05) is 24.3 Å². The molecule has 2 aliphatic heterocycles. The van der Waals surface area contributed by atoms with E-state index in [4.69, 9.17) is 4.74 Å². The lowest BCUT2D eigenvalue weighted by molar-refractivity contribution is -0.137. The highest BCUT2D eigenvalue weighted by atomic mass is 32.2. The molecule has 1 aromatic heterocycles.